The fourth-order valence-corrected chi connectivity index (χ4v) is 3.47. The third-order valence-electron chi connectivity index (χ3n) is 4.64. The first-order valence-corrected chi connectivity index (χ1v) is 8.19. The van der Waals surface area contributed by atoms with Crippen molar-refractivity contribution in [2.45, 2.75) is 25.3 Å². The molecule has 2 aromatic heterocycles. The van der Waals surface area contributed by atoms with Gasteiger partial charge in [-0.25, -0.2) is 0 Å². The summed E-state index contributed by atoms with van der Waals surface area (Å²) >= 11 is 0. The topological polar surface area (TPSA) is 60.6 Å². The van der Waals surface area contributed by atoms with E-state index in [4.69, 9.17) is 0 Å². The normalized spacial score (nSPS) is 19.0. The minimum atomic E-state index is 0.554. The molecular weight excluding hydrogens is 286 g/mol. The molecule has 5 nitrogen and oxygen atoms in total. The maximum absolute atomic E-state index is 4.27. The highest BCUT2D eigenvalue weighted by Gasteiger charge is 2.23. The quantitative estimate of drug-likeness (QED) is 0.778. The summed E-state index contributed by atoms with van der Waals surface area (Å²) in [7, 11) is 0. The highest BCUT2D eigenvalue weighted by molar-refractivity contribution is 5.62. The largest absolute Gasteiger partial charge is 0.298 e. The van der Waals surface area contributed by atoms with E-state index >= 15 is 0 Å². The molecular formula is C18H21N5. The zero-order valence-electron chi connectivity index (χ0n) is 13.1. The van der Waals surface area contributed by atoms with Crippen molar-refractivity contribution in [3.05, 3.63) is 60.0 Å². The van der Waals surface area contributed by atoms with Gasteiger partial charge in [0.15, 0.2) is 0 Å². The van der Waals surface area contributed by atoms with Crippen LogP contribution in [0.1, 0.15) is 30.0 Å². The molecule has 1 aromatic carbocycles. The van der Waals surface area contributed by atoms with E-state index in [0.717, 1.165) is 25.3 Å². The van der Waals surface area contributed by atoms with Crippen LogP contribution in [-0.4, -0.2) is 38.4 Å². The van der Waals surface area contributed by atoms with Gasteiger partial charge in [0, 0.05) is 36.5 Å². The Morgan fingerprint density at radius 3 is 2.83 bits per heavy atom. The van der Waals surface area contributed by atoms with Gasteiger partial charge >= 0.3 is 0 Å². The molecule has 0 radical (unpaired) electrons. The summed E-state index contributed by atoms with van der Waals surface area (Å²) in [5.74, 6) is 0.554. The Morgan fingerprint density at radius 2 is 2.00 bits per heavy atom. The second-order valence-electron chi connectivity index (χ2n) is 6.22. The third kappa shape index (κ3) is 3.05. The van der Waals surface area contributed by atoms with Crippen LogP contribution in [0.5, 0.6) is 0 Å². The van der Waals surface area contributed by atoms with Gasteiger partial charge < -0.3 is 0 Å². The van der Waals surface area contributed by atoms with Gasteiger partial charge in [0.2, 0.25) is 0 Å². The van der Waals surface area contributed by atoms with Crippen molar-refractivity contribution in [1.82, 2.24) is 25.3 Å². The standard InChI is InChI=1S/C18H21N5/c1-2-5-14(6-3-1)18-16(11-20-22-18)13-23-10-4-7-15(12-23)17-8-9-19-21-17/h1-3,5-6,8-9,11,15H,4,7,10,12-13H2,(H,19,21)(H,20,22). The highest BCUT2D eigenvalue weighted by Crippen LogP contribution is 2.28. The molecule has 0 amide bonds. The molecule has 2 N–H and O–H groups in total. The van der Waals surface area contributed by atoms with Crippen molar-refractivity contribution < 1.29 is 0 Å². The van der Waals surface area contributed by atoms with E-state index in [2.05, 4.69) is 55.6 Å². The second-order valence-corrected chi connectivity index (χ2v) is 6.22. The average Bonchev–Trinajstić information content (AvgIpc) is 3.28. The summed E-state index contributed by atoms with van der Waals surface area (Å²) in [6.45, 7) is 3.15. The Kier molecular flexibility index (Phi) is 3.94. The molecule has 1 aliphatic rings. The zero-order valence-corrected chi connectivity index (χ0v) is 13.1. The minimum absolute atomic E-state index is 0.554. The van der Waals surface area contributed by atoms with Gasteiger partial charge in [-0.15, -0.1) is 0 Å². The Bertz CT molecular complexity index is 732. The number of aromatic amines is 2. The minimum Gasteiger partial charge on any atom is -0.298 e. The summed E-state index contributed by atoms with van der Waals surface area (Å²) in [5.41, 5.74) is 4.85. The van der Waals surface area contributed by atoms with Gasteiger partial charge in [-0.05, 0) is 31.0 Å². The van der Waals surface area contributed by atoms with Crippen molar-refractivity contribution >= 4 is 0 Å². The lowest BCUT2D eigenvalue weighted by Gasteiger charge is -2.32. The molecule has 1 fully saturated rings. The first-order chi connectivity index (χ1) is 11.4. The lowest BCUT2D eigenvalue weighted by atomic mass is 9.94. The molecule has 0 bridgehead atoms. The Balaban J connectivity index is 1.49. The Hall–Kier alpha value is -2.40. The van der Waals surface area contributed by atoms with Crippen LogP contribution in [0.15, 0.2) is 48.8 Å². The van der Waals surface area contributed by atoms with Crippen molar-refractivity contribution in [2.24, 2.45) is 0 Å². The van der Waals surface area contributed by atoms with Gasteiger partial charge in [0.25, 0.3) is 0 Å². The van der Waals surface area contributed by atoms with E-state index in [1.807, 2.05) is 18.5 Å². The predicted molar refractivity (Wildman–Crippen MR) is 89.9 cm³/mol. The molecule has 23 heavy (non-hydrogen) atoms. The molecule has 3 aromatic rings. The van der Waals surface area contributed by atoms with Gasteiger partial charge in [0.1, 0.15) is 0 Å². The van der Waals surface area contributed by atoms with Crippen LogP contribution in [0.2, 0.25) is 0 Å². The molecule has 0 saturated carbocycles. The number of nitrogens with zero attached hydrogens (tertiary/aromatic N) is 3. The van der Waals surface area contributed by atoms with Crippen molar-refractivity contribution in [3.63, 3.8) is 0 Å². The molecule has 1 saturated heterocycles. The third-order valence-corrected chi connectivity index (χ3v) is 4.64. The van der Waals surface area contributed by atoms with Crippen molar-refractivity contribution in [2.75, 3.05) is 13.1 Å². The fourth-order valence-electron chi connectivity index (χ4n) is 3.47. The van der Waals surface area contributed by atoms with E-state index in [-0.39, 0.29) is 0 Å². The maximum atomic E-state index is 4.27. The van der Waals surface area contributed by atoms with Crippen LogP contribution in [0, 0.1) is 0 Å². The smallest absolute Gasteiger partial charge is 0.0695 e. The number of likely N-dealkylation sites (tertiary alicyclic amines) is 1. The number of rotatable bonds is 4. The van der Waals surface area contributed by atoms with E-state index in [9.17, 15) is 0 Å². The second kappa shape index (κ2) is 6.38. The molecule has 0 aliphatic carbocycles. The summed E-state index contributed by atoms with van der Waals surface area (Å²) in [4.78, 5) is 2.52. The van der Waals surface area contributed by atoms with Gasteiger partial charge in [0.05, 0.1) is 11.9 Å². The molecule has 3 heterocycles. The van der Waals surface area contributed by atoms with Gasteiger partial charge in [-0.3, -0.25) is 15.1 Å². The lowest BCUT2D eigenvalue weighted by Crippen LogP contribution is -2.34. The molecule has 4 rings (SSSR count). The molecule has 1 unspecified atom stereocenters. The predicted octanol–water partition coefficient (Wildman–Crippen LogP) is 3.18. The van der Waals surface area contributed by atoms with Crippen LogP contribution in [-0.2, 0) is 6.54 Å². The van der Waals surface area contributed by atoms with Gasteiger partial charge in [-0.1, -0.05) is 30.3 Å². The summed E-state index contributed by atoms with van der Waals surface area (Å²) < 4.78 is 0. The number of benzene rings is 1. The number of piperidine rings is 1. The summed E-state index contributed by atoms with van der Waals surface area (Å²) in [6, 6.07) is 12.5. The molecule has 0 spiro atoms. The molecule has 1 aliphatic heterocycles. The number of nitrogens with one attached hydrogen (secondary N) is 2. The molecule has 5 heteroatoms. The van der Waals surface area contributed by atoms with Crippen molar-refractivity contribution in [3.8, 4) is 11.3 Å². The maximum Gasteiger partial charge on any atom is 0.0695 e. The first-order valence-electron chi connectivity index (χ1n) is 8.19. The van der Waals surface area contributed by atoms with E-state index in [0.29, 0.717) is 5.92 Å². The Morgan fingerprint density at radius 1 is 1.09 bits per heavy atom. The lowest BCUT2D eigenvalue weighted by molar-refractivity contribution is 0.198. The summed E-state index contributed by atoms with van der Waals surface area (Å²) in [6.07, 6.45) is 6.26. The number of hydrogen-bond acceptors (Lipinski definition) is 3. The van der Waals surface area contributed by atoms with Crippen LogP contribution in [0.25, 0.3) is 11.3 Å². The van der Waals surface area contributed by atoms with Crippen LogP contribution in [0.4, 0.5) is 0 Å². The van der Waals surface area contributed by atoms with E-state index < -0.39 is 0 Å². The van der Waals surface area contributed by atoms with Crippen molar-refractivity contribution in [1.29, 1.82) is 0 Å². The molecule has 118 valence electrons. The monoisotopic (exact) mass is 307 g/mol. The van der Waals surface area contributed by atoms with E-state index in [1.54, 1.807) is 0 Å². The van der Waals surface area contributed by atoms with Crippen LogP contribution < -0.4 is 0 Å². The first kappa shape index (κ1) is 14.2. The highest BCUT2D eigenvalue weighted by atomic mass is 15.2. The number of H-pyrrole nitrogens is 2. The van der Waals surface area contributed by atoms with E-state index in [1.165, 1.54) is 29.7 Å². The van der Waals surface area contributed by atoms with Crippen LogP contribution >= 0.6 is 0 Å². The Labute approximate surface area is 135 Å². The summed E-state index contributed by atoms with van der Waals surface area (Å²) in [5, 5.41) is 14.6. The van der Waals surface area contributed by atoms with Gasteiger partial charge in [-0.2, -0.15) is 10.2 Å². The fraction of sp³-hybridized carbons (Fsp3) is 0.333. The molecule has 1 atom stereocenters. The zero-order chi connectivity index (χ0) is 15.5. The average molecular weight is 307 g/mol. The number of aromatic nitrogens is 4. The number of hydrogen-bond donors (Lipinski definition) is 2. The SMILES string of the molecule is c1ccc(-c2[nH]ncc2CN2CCCC(c3ccn[nH]3)C2)cc1. The van der Waals surface area contributed by atoms with Crippen LogP contribution in [0.3, 0.4) is 0 Å².